The lowest BCUT2D eigenvalue weighted by molar-refractivity contribution is -0.385. The second kappa shape index (κ2) is 6.19. The van der Waals surface area contributed by atoms with E-state index in [2.05, 4.69) is 0 Å². The first kappa shape index (κ1) is 15.8. The van der Waals surface area contributed by atoms with Crippen molar-refractivity contribution in [3.8, 4) is 17.2 Å². The number of nitrogens with zero attached hydrogens (tertiary/aromatic N) is 1. The molecule has 0 radical (unpaired) electrons. The zero-order chi connectivity index (χ0) is 17.3. The number of ether oxygens (including phenoxy) is 3. The minimum absolute atomic E-state index is 0.178. The molecule has 2 aromatic carbocycles. The molecule has 0 N–H and O–H groups in total. The minimum Gasteiger partial charge on any atom is -0.486 e. The van der Waals surface area contributed by atoms with Crippen molar-refractivity contribution in [3.63, 3.8) is 0 Å². The summed E-state index contributed by atoms with van der Waals surface area (Å²) in [7, 11) is 0. The van der Waals surface area contributed by atoms with Crippen molar-refractivity contribution in [1.29, 1.82) is 0 Å². The number of hydrogen-bond donors (Lipinski definition) is 0. The van der Waals surface area contributed by atoms with Crippen LogP contribution in [0.5, 0.6) is 17.2 Å². The van der Waals surface area contributed by atoms with Gasteiger partial charge in [-0.05, 0) is 37.1 Å². The average molecular weight is 329 g/mol. The van der Waals surface area contributed by atoms with Crippen LogP contribution in [0.4, 0.5) is 5.69 Å². The first-order valence-corrected chi connectivity index (χ1v) is 7.33. The quantitative estimate of drug-likeness (QED) is 0.372. The molecule has 0 fully saturated rings. The zero-order valence-electron chi connectivity index (χ0n) is 13.2. The van der Waals surface area contributed by atoms with Gasteiger partial charge in [-0.15, -0.1) is 0 Å². The Morgan fingerprint density at radius 3 is 2.38 bits per heavy atom. The van der Waals surface area contributed by atoms with E-state index in [-0.39, 0.29) is 17.0 Å². The lowest BCUT2D eigenvalue weighted by Gasteiger charge is -2.18. The second-order valence-electron chi connectivity index (χ2n) is 5.41. The predicted octanol–water partition coefficient (Wildman–Crippen LogP) is 3.20. The predicted molar refractivity (Wildman–Crippen MR) is 85.0 cm³/mol. The second-order valence-corrected chi connectivity index (χ2v) is 5.41. The maximum Gasteiger partial charge on any atom is 0.350 e. The summed E-state index contributed by atoms with van der Waals surface area (Å²) in [4.78, 5) is 23.0. The van der Waals surface area contributed by atoms with Gasteiger partial charge in [-0.1, -0.05) is 6.07 Å². The van der Waals surface area contributed by atoms with E-state index in [1.54, 1.807) is 12.1 Å². The van der Waals surface area contributed by atoms with Crippen LogP contribution < -0.4 is 14.2 Å². The van der Waals surface area contributed by atoms with Gasteiger partial charge in [0, 0.05) is 6.07 Å². The molecule has 0 unspecified atom stereocenters. The topological polar surface area (TPSA) is 87.9 Å². The molecule has 124 valence electrons. The largest absolute Gasteiger partial charge is 0.486 e. The Kier molecular flexibility index (Phi) is 4.07. The van der Waals surface area contributed by atoms with E-state index in [4.69, 9.17) is 14.2 Å². The van der Waals surface area contributed by atoms with Crippen LogP contribution in [-0.2, 0) is 0 Å². The number of nitro groups is 1. The van der Waals surface area contributed by atoms with Gasteiger partial charge in [-0.2, -0.15) is 0 Å². The molecule has 1 aliphatic heterocycles. The Hall–Kier alpha value is -3.09. The molecule has 0 atom stereocenters. The molecule has 0 saturated heterocycles. The van der Waals surface area contributed by atoms with E-state index < -0.39 is 10.9 Å². The summed E-state index contributed by atoms with van der Waals surface area (Å²) in [6.07, 6.45) is 0. The molecule has 1 aliphatic rings. The number of hydrogen-bond acceptors (Lipinski definition) is 6. The molecule has 1 heterocycles. The number of aryl methyl sites for hydroxylation is 2. The molecule has 0 saturated carbocycles. The minimum atomic E-state index is -0.818. The molecule has 0 amide bonds. The number of carbonyl (C=O) groups excluding carboxylic acids is 1. The zero-order valence-corrected chi connectivity index (χ0v) is 13.2. The van der Waals surface area contributed by atoms with Gasteiger partial charge in [0.25, 0.3) is 5.69 Å². The van der Waals surface area contributed by atoms with Gasteiger partial charge >= 0.3 is 5.97 Å². The molecule has 3 rings (SSSR count). The highest BCUT2D eigenvalue weighted by atomic mass is 16.6. The summed E-state index contributed by atoms with van der Waals surface area (Å²) < 4.78 is 16.0. The molecule has 0 aliphatic carbocycles. The highest BCUT2D eigenvalue weighted by Crippen LogP contribution is 2.37. The highest BCUT2D eigenvalue weighted by molar-refractivity contribution is 5.96. The molecule has 2 aromatic rings. The van der Waals surface area contributed by atoms with Gasteiger partial charge in [-0.3, -0.25) is 10.1 Å². The summed E-state index contributed by atoms with van der Waals surface area (Å²) in [5.74, 6) is 0.0452. The molecule has 24 heavy (non-hydrogen) atoms. The van der Waals surface area contributed by atoms with Gasteiger partial charge in [0.15, 0.2) is 11.5 Å². The Morgan fingerprint density at radius 1 is 1.08 bits per heavy atom. The third-order valence-corrected chi connectivity index (χ3v) is 3.77. The number of carbonyl (C=O) groups is 1. The first-order valence-electron chi connectivity index (χ1n) is 7.33. The SMILES string of the molecule is Cc1ccc(OC(=O)c2cc3c(cc2[N+](=O)[O-])OCCO3)cc1C. The highest BCUT2D eigenvalue weighted by Gasteiger charge is 2.27. The fraction of sp³-hybridized carbons (Fsp3) is 0.235. The van der Waals surface area contributed by atoms with Crippen LogP contribution in [0, 0.1) is 24.0 Å². The molecule has 0 bridgehead atoms. The van der Waals surface area contributed by atoms with Gasteiger partial charge in [0.2, 0.25) is 0 Å². The lowest BCUT2D eigenvalue weighted by Crippen LogP contribution is -2.18. The van der Waals surface area contributed by atoms with E-state index in [1.165, 1.54) is 12.1 Å². The van der Waals surface area contributed by atoms with Crippen LogP contribution in [0.2, 0.25) is 0 Å². The van der Waals surface area contributed by atoms with E-state index in [0.29, 0.717) is 24.7 Å². The Bertz CT molecular complexity index is 830. The molecule has 0 spiro atoms. The van der Waals surface area contributed by atoms with Gasteiger partial charge in [0.1, 0.15) is 24.5 Å². The Labute approximate surface area is 137 Å². The van der Waals surface area contributed by atoms with Crippen LogP contribution in [0.25, 0.3) is 0 Å². The normalized spacial score (nSPS) is 12.6. The summed E-state index contributed by atoms with van der Waals surface area (Å²) in [6.45, 7) is 4.44. The van der Waals surface area contributed by atoms with Gasteiger partial charge < -0.3 is 14.2 Å². The Morgan fingerprint density at radius 2 is 1.75 bits per heavy atom. The van der Waals surface area contributed by atoms with Crippen LogP contribution in [-0.4, -0.2) is 24.1 Å². The number of benzene rings is 2. The van der Waals surface area contributed by atoms with Crippen molar-refractivity contribution in [2.75, 3.05) is 13.2 Å². The number of rotatable bonds is 3. The maximum atomic E-state index is 12.4. The van der Waals surface area contributed by atoms with E-state index in [0.717, 1.165) is 11.1 Å². The van der Waals surface area contributed by atoms with E-state index in [9.17, 15) is 14.9 Å². The Balaban J connectivity index is 1.96. The fourth-order valence-corrected chi connectivity index (χ4v) is 2.33. The average Bonchev–Trinajstić information content (AvgIpc) is 2.57. The summed E-state index contributed by atoms with van der Waals surface area (Å²) in [5, 5.41) is 11.3. The van der Waals surface area contributed by atoms with Gasteiger partial charge in [-0.25, -0.2) is 4.79 Å². The van der Waals surface area contributed by atoms with Crippen molar-refractivity contribution in [1.82, 2.24) is 0 Å². The van der Waals surface area contributed by atoms with Crippen LogP contribution in [0.3, 0.4) is 0 Å². The molecule has 0 aromatic heterocycles. The van der Waals surface area contributed by atoms with E-state index >= 15 is 0 Å². The summed E-state index contributed by atoms with van der Waals surface area (Å²) in [6, 6.07) is 7.64. The lowest BCUT2D eigenvalue weighted by atomic mass is 10.1. The number of nitro benzene ring substituents is 1. The first-order chi connectivity index (χ1) is 11.5. The third-order valence-electron chi connectivity index (χ3n) is 3.77. The fourth-order valence-electron chi connectivity index (χ4n) is 2.33. The van der Waals surface area contributed by atoms with Crippen LogP contribution >= 0.6 is 0 Å². The van der Waals surface area contributed by atoms with Crippen molar-refractivity contribution in [2.45, 2.75) is 13.8 Å². The monoisotopic (exact) mass is 329 g/mol. The van der Waals surface area contributed by atoms with Crippen molar-refractivity contribution < 1.29 is 23.9 Å². The number of esters is 1. The third kappa shape index (κ3) is 3.01. The van der Waals surface area contributed by atoms with Crippen LogP contribution in [0.15, 0.2) is 30.3 Å². The summed E-state index contributed by atoms with van der Waals surface area (Å²) >= 11 is 0. The molecular weight excluding hydrogens is 314 g/mol. The molecule has 7 heteroatoms. The molecule has 7 nitrogen and oxygen atoms in total. The molecular formula is C17H15NO6. The smallest absolute Gasteiger partial charge is 0.350 e. The standard InChI is InChI=1S/C17H15NO6/c1-10-3-4-12(7-11(10)2)24-17(19)13-8-15-16(23-6-5-22-15)9-14(13)18(20)21/h3-4,7-9H,5-6H2,1-2H3. The maximum absolute atomic E-state index is 12.4. The van der Waals surface area contributed by atoms with Crippen molar-refractivity contribution >= 4 is 11.7 Å². The van der Waals surface area contributed by atoms with Crippen molar-refractivity contribution in [2.24, 2.45) is 0 Å². The van der Waals surface area contributed by atoms with Gasteiger partial charge in [0.05, 0.1) is 11.0 Å². The number of fused-ring (bicyclic) bond motifs is 1. The summed E-state index contributed by atoms with van der Waals surface area (Å²) in [5.41, 5.74) is 1.45. The van der Waals surface area contributed by atoms with Crippen LogP contribution in [0.1, 0.15) is 21.5 Å². The van der Waals surface area contributed by atoms with Crippen molar-refractivity contribution in [3.05, 3.63) is 57.1 Å². The van der Waals surface area contributed by atoms with E-state index in [1.807, 2.05) is 19.9 Å².